The summed E-state index contributed by atoms with van der Waals surface area (Å²) in [7, 11) is -1.85. The average molecular weight is 288 g/mol. The van der Waals surface area contributed by atoms with Gasteiger partial charge in [-0.25, -0.2) is 4.39 Å². The first kappa shape index (κ1) is 14.5. The molecule has 0 saturated heterocycles. The Hall–Kier alpha value is -1.87. The minimum atomic E-state index is -4.49. The van der Waals surface area contributed by atoms with Gasteiger partial charge in [0.15, 0.2) is 0 Å². The van der Waals surface area contributed by atoms with E-state index in [0.29, 0.717) is 6.20 Å². The molecule has 0 bridgehead atoms. The molecule has 0 unspecified atom stereocenters. The van der Waals surface area contributed by atoms with E-state index in [1.165, 1.54) is 6.07 Å². The minimum absolute atomic E-state index is 0.0804. The topological polar surface area (TPSA) is 58.3 Å². The number of hydrogen-bond donors (Lipinski definition) is 2. The molecule has 0 saturated carbocycles. The van der Waals surface area contributed by atoms with Crippen LogP contribution in [0.5, 0.6) is 0 Å². The normalized spacial score (nSPS) is 11.7. The van der Waals surface area contributed by atoms with Crippen LogP contribution < -0.4 is 5.46 Å². The molecule has 20 heavy (non-hydrogen) atoms. The summed E-state index contributed by atoms with van der Waals surface area (Å²) >= 11 is 0. The fraction of sp³-hybridized carbons (Fsp3) is 0.182. The van der Waals surface area contributed by atoms with Gasteiger partial charge in [0.25, 0.3) is 0 Å². The molecule has 0 spiro atoms. The molecule has 9 heteroatoms. The predicted molar refractivity (Wildman–Crippen MR) is 62.6 cm³/mol. The maximum absolute atomic E-state index is 13.3. The Morgan fingerprint density at radius 1 is 1.20 bits per heavy atom. The van der Waals surface area contributed by atoms with Crippen LogP contribution in [0.4, 0.5) is 17.6 Å². The Morgan fingerprint density at radius 2 is 1.90 bits per heavy atom. The van der Waals surface area contributed by atoms with Gasteiger partial charge in [0, 0.05) is 6.20 Å². The average Bonchev–Trinajstić information content (AvgIpc) is 2.76. The molecule has 1 aromatic carbocycles. The van der Waals surface area contributed by atoms with Crippen LogP contribution in [0, 0.1) is 5.82 Å². The molecule has 0 aliphatic carbocycles. The molecule has 0 aliphatic rings. The number of halogens is 4. The fourth-order valence-electron chi connectivity index (χ4n) is 1.70. The highest BCUT2D eigenvalue weighted by atomic mass is 19.4. The molecule has 0 fully saturated rings. The van der Waals surface area contributed by atoms with Crippen LogP contribution in [-0.2, 0) is 12.7 Å². The first-order valence-electron chi connectivity index (χ1n) is 5.51. The van der Waals surface area contributed by atoms with Gasteiger partial charge < -0.3 is 10.0 Å². The number of nitrogens with zero attached hydrogens (tertiary/aromatic N) is 2. The fourth-order valence-corrected chi connectivity index (χ4v) is 1.70. The monoisotopic (exact) mass is 288 g/mol. The van der Waals surface area contributed by atoms with E-state index in [1.54, 1.807) is 0 Å². The Bertz CT molecular complexity index is 613. The Morgan fingerprint density at radius 3 is 2.45 bits per heavy atom. The van der Waals surface area contributed by atoms with Gasteiger partial charge in [0.2, 0.25) is 0 Å². The predicted octanol–water partition coefficient (Wildman–Crippen LogP) is 0.769. The summed E-state index contributed by atoms with van der Waals surface area (Å²) in [5.74, 6) is -0.714. The second-order valence-corrected chi connectivity index (χ2v) is 4.19. The van der Waals surface area contributed by atoms with Crippen LogP contribution >= 0.6 is 0 Å². The van der Waals surface area contributed by atoms with Crippen molar-refractivity contribution in [2.24, 2.45) is 0 Å². The van der Waals surface area contributed by atoms with Gasteiger partial charge in [-0.2, -0.15) is 18.3 Å². The second-order valence-electron chi connectivity index (χ2n) is 4.19. The second kappa shape index (κ2) is 5.26. The maximum Gasteiger partial charge on any atom is 0.488 e. The summed E-state index contributed by atoms with van der Waals surface area (Å²) in [6.45, 7) is -0.118. The Labute approximate surface area is 111 Å². The first-order valence-corrected chi connectivity index (χ1v) is 5.51. The standard InChI is InChI=1S/C11H9BF4N2O2/c13-10-2-7(1-9(3-10)12(19)20)5-18-6-8(4-17-18)11(14,15)16/h1-4,6,19-20H,5H2. The third kappa shape index (κ3) is 3.37. The van der Waals surface area contributed by atoms with E-state index in [-0.39, 0.29) is 17.6 Å². The minimum Gasteiger partial charge on any atom is -0.423 e. The first-order chi connectivity index (χ1) is 9.25. The highest BCUT2D eigenvalue weighted by molar-refractivity contribution is 6.58. The third-order valence-electron chi connectivity index (χ3n) is 2.58. The van der Waals surface area contributed by atoms with Gasteiger partial charge in [-0.1, -0.05) is 6.07 Å². The summed E-state index contributed by atoms with van der Waals surface area (Å²) in [5, 5.41) is 21.5. The highest BCUT2D eigenvalue weighted by Crippen LogP contribution is 2.28. The molecule has 1 heterocycles. The van der Waals surface area contributed by atoms with Gasteiger partial charge in [-0.3, -0.25) is 4.68 Å². The summed E-state index contributed by atoms with van der Waals surface area (Å²) < 4.78 is 51.4. The maximum atomic E-state index is 13.3. The van der Waals surface area contributed by atoms with E-state index in [0.717, 1.165) is 23.0 Å². The SMILES string of the molecule is OB(O)c1cc(F)cc(Cn2cc(C(F)(F)F)cn2)c1. The van der Waals surface area contributed by atoms with Crippen LogP contribution in [0.3, 0.4) is 0 Å². The zero-order valence-electron chi connectivity index (χ0n) is 9.97. The van der Waals surface area contributed by atoms with Crippen LogP contribution in [0.1, 0.15) is 11.1 Å². The van der Waals surface area contributed by atoms with Crippen LogP contribution in [0.2, 0.25) is 0 Å². The number of hydrogen-bond acceptors (Lipinski definition) is 3. The van der Waals surface area contributed by atoms with E-state index in [1.807, 2.05) is 0 Å². The quantitative estimate of drug-likeness (QED) is 0.648. The molecule has 1 aromatic heterocycles. The number of aromatic nitrogens is 2. The van der Waals surface area contributed by atoms with Crippen molar-refractivity contribution < 1.29 is 27.6 Å². The van der Waals surface area contributed by atoms with E-state index >= 15 is 0 Å². The van der Waals surface area contributed by atoms with Crippen molar-refractivity contribution in [1.82, 2.24) is 9.78 Å². The van der Waals surface area contributed by atoms with Crippen molar-refractivity contribution in [2.75, 3.05) is 0 Å². The third-order valence-corrected chi connectivity index (χ3v) is 2.58. The van der Waals surface area contributed by atoms with Crippen molar-refractivity contribution in [3.8, 4) is 0 Å². The van der Waals surface area contributed by atoms with Crippen molar-refractivity contribution in [2.45, 2.75) is 12.7 Å². The van der Waals surface area contributed by atoms with Crippen molar-refractivity contribution in [3.63, 3.8) is 0 Å². The van der Waals surface area contributed by atoms with E-state index in [2.05, 4.69) is 5.10 Å². The number of alkyl halides is 3. The molecule has 2 N–H and O–H groups in total. The van der Waals surface area contributed by atoms with Gasteiger partial charge in [0.1, 0.15) is 5.82 Å². The Balaban J connectivity index is 2.24. The number of benzene rings is 1. The van der Waals surface area contributed by atoms with E-state index in [9.17, 15) is 17.6 Å². The lowest BCUT2D eigenvalue weighted by molar-refractivity contribution is -0.137. The van der Waals surface area contributed by atoms with Crippen molar-refractivity contribution >= 4 is 12.6 Å². The summed E-state index contributed by atoms with van der Waals surface area (Å²) in [6.07, 6.45) is -3.03. The lowest BCUT2D eigenvalue weighted by Gasteiger charge is -2.06. The molecule has 2 rings (SSSR count). The summed E-state index contributed by atoms with van der Waals surface area (Å²) in [4.78, 5) is 0. The largest absolute Gasteiger partial charge is 0.488 e. The van der Waals surface area contributed by atoms with Gasteiger partial charge in [0.05, 0.1) is 18.3 Å². The molecule has 106 valence electrons. The smallest absolute Gasteiger partial charge is 0.423 e. The zero-order chi connectivity index (χ0) is 14.9. The molecule has 0 amide bonds. The summed E-state index contributed by atoms with van der Waals surface area (Å²) in [5.41, 5.74) is -0.718. The molecule has 2 aromatic rings. The molecular weight excluding hydrogens is 279 g/mol. The van der Waals surface area contributed by atoms with Crippen LogP contribution in [0.25, 0.3) is 0 Å². The molecule has 0 aliphatic heterocycles. The van der Waals surface area contributed by atoms with E-state index < -0.39 is 24.7 Å². The molecular formula is C11H9BF4N2O2. The van der Waals surface area contributed by atoms with Gasteiger partial charge >= 0.3 is 13.3 Å². The molecule has 4 nitrogen and oxygen atoms in total. The zero-order valence-corrected chi connectivity index (χ0v) is 9.97. The summed E-state index contributed by atoms with van der Waals surface area (Å²) in [6, 6.07) is 3.29. The lowest BCUT2D eigenvalue weighted by Crippen LogP contribution is -2.30. The number of rotatable bonds is 3. The van der Waals surface area contributed by atoms with Crippen LogP contribution in [0.15, 0.2) is 30.6 Å². The lowest BCUT2D eigenvalue weighted by atomic mass is 9.79. The Kier molecular flexibility index (Phi) is 3.82. The van der Waals surface area contributed by atoms with Gasteiger partial charge in [-0.05, 0) is 23.2 Å². The molecule has 0 radical (unpaired) electrons. The highest BCUT2D eigenvalue weighted by Gasteiger charge is 2.32. The van der Waals surface area contributed by atoms with Crippen molar-refractivity contribution in [1.29, 1.82) is 0 Å². The van der Waals surface area contributed by atoms with E-state index in [4.69, 9.17) is 10.0 Å². The van der Waals surface area contributed by atoms with Crippen LogP contribution in [-0.4, -0.2) is 26.9 Å². The van der Waals surface area contributed by atoms with Gasteiger partial charge in [-0.15, -0.1) is 0 Å². The van der Waals surface area contributed by atoms with Crippen molar-refractivity contribution in [3.05, 3.63) is 47.5 Å². The molecule has 0 atom stereocenters.